The number of anilines is 1. The quantitative estimate of drug-likeness (QED) is 0.747. The summed E-state index contributed by atoms with van der Waals surface area (Å²) in [5, 5.41) is 13.5. The molecule has 21 heavy (non-hydrogen) atoms. The SMILES string of the molecule is CCOc1cccc(CNc2ccc3ncsc3c2)c1O. The minimum atomic E-state index is 0.200. The normalized spacial score (nSPS) is 10.7. The molecule has 4 nitrogen and oxygen atoms in total. The van der Waals surface area contributed by atoms with E-state index in [1.54, 1.807) is 17.4 Å². The van der Waals surface area contributed by atoms with Gasteiger partial charge >= 0.3 is 0 Å². The second-order valence-corrected chi connectivity index (χ2v) is 5.47. The number of phenolic OH excluding ortho intramolecular Hbond substituents is 1. The van der Waals surface area contributed by atoms with Crippen molar-refractivity contribution < 1.29 is 9.84 Å². The van der Waals surface area contributed by atoms with Crippen LogP contribution in [0.5, 0.6) is 11.5 Å². The molecule has 2 aromatic carbocycles. The molecule has 108 valence electrons. The Morgan fingerprint density at radius 1 is 1.29 bits per heavy atom. The van der Waals surface area contributed by atoms with Crippen molar-refractivity contribution in [2.24, 2.45) is 0 Å². The molecule has 0 bridgehead atoms. The molecule has 3 rings (SSSR count). The summed E-state index contributed by atoms with van der Waals surface area (Å²) in [4.78, 5) is 4.26. The molecule has 0 saturated heterocycles. The van der Waals surface area contributed by atoms with E-state index in [0.717, 1.165) is 21.5 Å². The van der Waals surface area contributed by atoms with Crippen LogP contribution < -0.4 is 10.1 Å². The maximum absolute atomic E-state index is 10.2. The van der Waals surface area contributed by atoms with E-state index in [1.807, 2.05) is 36.7 Å². The van der Waals surface area contributed by atoms with Gasteiger partial charge in [-0.2, -0.15) is 0 Å². The second-order valence-electron chi connectivity index (χ2n) is 4.59. The Balaban J connectivity index is 1.76. The number of fused-ring (bicyclic) bond motifs is 1. The van der Waals surface area contributed by atoms with E-state index in [9.17, 15) is 5.11 Å². The highest BCUT2D eigenvalue weighted by Gasteiger charge is 2.07. The minimum absolute atomic E-state index is 0.200. The molecule has 0 radical (unpaired) electrons. The van der Waals surface area contributed by atoms with Crippen molar-refractivity contribution in [1.29, 1.82) is 0 Å². The molecule has 0 aliphatic heterocycles. The molecular weight excluding hydrogens is 284 g/mol. The number of ether oxygens (including phenoxy) is 1. The first-order valence-electron chi connectivity index (χ1n) is 6.78. The lowest BCUT2D eigenvalue weighted by Gasteiger charge is -2.11. The van der Waals surface area contributed by atoms with Gasteiger partial charge in [-0.25, -0.2) is 4.98 Å². The Morgan fingerprint density at radius 2 is 2.19 bits per heavy atom. The number of aromatic hydroxyl groups is 1. The number of rotatable bonds is 5. The van der Waals surface area contributed by atoms with Crippen LogP contribution in [-0.4, -0.2) is 16.7 Å². The van der Waals surface area contributed by atoms with Crippen molar-refractivity contribution in [2.45, 2.75) is 13.5 Å². The first kappa shape index (κ1) is 13.7. The number of para-hydroxylation sites is 1. The van der Waals surface area contributed by atoms with E-state index in [2.05, 4.69) is 16.4 Å². The first-order valence-corrected chi connectivity index (χ1v) is 7.66. The van der Waals surface area contributed by atoms with E-state index in [1.165, 1.54) is 0 Å². The number of hydrogen-bond donors (Lipinski definition) is 2. The number of nitrogens with one attached hydrogen (secondary N) is 1. The van der Waals surface area contributed by atoms with Crippen LogP contribution in [0.4, 0.5) is 5.69 Å². The molecular formula is C16H16N2O2S. The van der Waals surface area contributed by atoms with Gasteiger partial charge in [0.2, 0.25) is 0 Å². The largest absolute Gasteiger partial charge is 0.504 e. The van der Waals surface area contributed by atoms with E-state index in [-0.39, 0.29) is 5.75 Å². The molecule has 0 saturated carbocycles. The van der Waals surface area contributed by atoms with Crippen molar-refractivity contribution in [2.75, 3.05) is 11.9 Å². The van der Waals surface area contributed by atoms with Crippen molar-refractivity contribution in [3.8, 4) is 11.5 Å². The maximum atomic E-state index is 10.2. The van der Waals surface area contributed by atoms with Crippen LogP contribution in [-0.2, 0) is 6.54 Å². The predicted octanol–water partition coefficient (Wildman–Crippen LogP) is 4.01. The number of aromatic nitrogens is 1. The third-order valence-corrected chi connectivity index (χ3v) is 3.99. The summed E-state index contributed by atoms with van der Waals surface area (Å²) in [6.45, 7) is 2.97. The highest BCUT2D eigenvalue weighted by molar-refractivity contribution is 7.16. The molecule has 0 atom stereocenters. The zero-order valence-electron chi connectivity index (χ0n) is 11.7. The number of thiazole rings is 1. The Morgan fingerprint density at radius 3 is 3.05 bits per heavy atom. The summed E-state index contributed by atoms with van der Waals surface area (Å²) in [7, 11) is 0. The zero-order chi connectivity index (χ0) is 14.7. The summed E-state index contributed by atoms with van der Waals surface area (Å²) < 4.78 is 6.54. The molecule has 5 heteroatoms. The van der Waals surface area contributed by atoms with Gasteiger partial charge in [0.15, 0.2) is 11.5 Å². The summed E-state index contributed by atoms with van der Waals surface area (Å²) in [6, 6.07) is 11.6. The highest BCUT2D eigenvalue weighted by Crippen LogP contribution is 2.30. The van der Waals surface area contributed by atoms with Gasteiger partial charge < -0.3 is 15.2 Å². The number of benzene rings is 2. The van der Waals surface area contributed by atoms with Crippen molar-refractivity contribution in [1.82, 2.24) is 4.98 Å². The lowest BCUT2D eigenvalue weighted by atomic mass is 10.2. The minimum Gasteiger partial charge on any atom is -0.504 e. The molecule has 0 unspecified atom stereocenters. The maximum Gasteiger partial charge on any atom is 0.162 e. The van der Waals surface area contributed by atoms with E-state index < -0.39 is 0 Å². The van der Waals surface area contributed by atoms with Gasteiger partial charge in [-0.15, -0.1) is 11.3 Å². The highest BCUT2D eigenvalue weighted by atomic mass is 32.1. The fourth-order valence-electron chi connectivity index (χ4n) is 2.14. The fraction of sp³-hybridized carbons (Fsp3) is 0.188. The van der Waals surface area contributed by atoms with Crippen LogP contribution in [0.15, 0.2) is 41.9 Å². The standard InChI is InChI=1S/C16H16N2O2S/c1-2-20-14-5-3-4-11(16(14)19)9-17-12-6-7-13-15(8-12)21-10-18-13/h3-8,10,17,19H,2,9H2,1H3. The summed E-state index contributed by atoms with van der Waals surface area (Å²) >= 11 is 1.61. The van der Waals surface area contributed by atoms with Gasteiger partial charge in [0.25, 0.3) is 0 Å². The third-order valence-electron chi connectivity index (χ3n) is 3.20. The van der Waals surface area contributed by atoms with E-state index >= 15 is 0 Å². The topological polar surface area (TPSA) is 54.4 Å². The third kappa shape index (κ3) is 2.92. The summed E-state index contributed by atoms with van der Waals surface area (Å²) in [5.41, 5.74) is 4.66. The molecule has 0 fully saturated rings. The van der Waals surface area contributed by atoms with Crippen molar-refractivity contribution in [3.05, 3.63) is 47.5 Å². The molecule has 2 N–H and O–H groups in total. The average Bonchev–Trinajstić information content (AvgIpc) is 2.96. The smallest absolute Gasteiger partial charge is 0.162 e. The molecule has 1 heterocycles. The van der Waals surface area contributed by atoms with Gasteiger partial charge in [-0.05, 0) is 31.2 Å². The van der Waals surface area contributed by atoms with E-state index in [0.29, 0.717) is 18.9 Å². The summed E-state index contributed by atoms with van der Waals surface area (Å²) in [5.74, 6) is 0.723. The average molecular weight is 300 g/mol. The Labute approximate surface area is 127 Å². The Hall–Kier alpha value is -2.27. The first-order chi connectivity index (χ1) is 10.3. The van der Waals surface area contributed by atoms with E-state index in [4.69, 9.17) is 4.74 Å². The van der Waals surface area contributed by atoms with Crippen LogP contribution in [0.25, 0.3) is 10.2 Å². The fourth-order valence-corrected chi connectivity index (χ4v) is 2.86. The lowest BCUT2D eigenvalue weighted by molar-refractivity contribution is 0.317. The van der Waals surface area contributed by atoms with Crippen LogP contribution in [0.3, 0.4) is 0 Å². The van der Waals surface area contributed by atoms with Crippen LogP contribution in [0.2, 0.25) is 0 Å². The predicted molar refractivity (Wildman–Crippen MR) is 86.2 cm³/mol. The van der Waals surface area contributed by atoms with Crippen LogP contribution >= 0.6 is 11.3 Å². The van der Waals surface area contributed by atoms with Gasteiger partial charge in [0.05, 0.1) is 22.3 Å². The Bertz CT molecular complexity index is 755. The molecule has 0 spiro atoms. The number of nitrogens with zero attached hydrogens (tertiary/aromatic N) is 1. The van der Waals surface area contributed by atoms with Gasteiger partial charge in [0, 0.05) is 17.8 Å². The van der Waals surface area contributed by atoms with Gasteiger partial charge in [-0.3, -0.25) is 0 Å². The molecule has 0 aliphatic rings. The van der Waals surface area contributed by atoms with Crippen LogP contribution in [0, 0.1) is 0 Å². The van der Waals surface area contributed by atoms with Crippen molar-refractivity contribution >= 4 is 27.2 Å². The van der Waals surface area contributed by atoms with Crippen molar-refractivity contribution in [3.63, 3.8) is 0 Å². The van der Waals surface area contributed by atoms with Gasteiger partial charge in [0.1, 0.15) is 0 Å². The van der Waals surface area contributed by atoms with Gasteiger partial charge in [-0.1, -0.05) is 12.1 Å². The molecule has 0 amide bonds. The van der Waals surface area contributed by atoms with Crippen LogP contribution in [0.1, 0.15) is 12.5 Å². The number of phenols is 1. The second kappa shape index (κ2) is 6.01. The molecule has 3 aromatic rings. The number of hydrogen-bond acceptors (Lipinski definition) is 5. The monoisotopic (exact) mass is 300 g/mol. The zero-order valence-corrected chi connectivity index (χ0v) is 12.5. The lowest BCUT2D eigenvalue weighted by Crippen LogP contribution is -2.01. The molecule has 1 aromatic heterocycles. The Kier molecular flexibility index (Phi) is 3.92. The molecule has 0 aliphatic carbocycles. The summed E-state index contributed by atoms with van der Waals surface area (Å²) in [6.07, 6.45) is 0.